The van der Waals surface area contributed by atoms with E-state index in [2.05, 4.69) is 0 Å². The number of rotatable bonds is 3. The molecule has 1 aliphatic heterocycles. The molecule has 0 aromatic heterocycles. The van der Waals surface area contributed by atoms with Crippen LogP contribution in [0.4, 0.5) is 8.78 Å². The smallest absolute Gasteiger partial charge is 0.271 e. The lowest BCUT2D eigenvalue weighted by Crippen LogP contribution is -2.51. The van der Waals surface area contributed by atoms with E-state index >= 15 is 0 Å². The Morgan fingerprint density at radius 2 is 1.86 bits per heavy atom. The zero-order chi connectivity index (χ0) is 16.0. The summed E-state index contributed by atoms with van der Waals surface area (Å²) < 4.78 is 40.5. The van der Waals surface area contributed by atoms with Gasteiger partial charge in [-0.2, -0.15) is 0 Å². The van der Waals surface area contributed by atoms with Gasteiger partial charge in [0.2, 0.25) is 0 Å². The minimum atomic E-state index is -2.73. The third-order valence-electron chi connectivity index (χ3n) is 5.40. The van der Waals surface area contributed by atoms with E-state index < -0.39 is 11.3 Å². The van der Waals surface area contributed by atoms with Gasteiger partial charge in [-0.1, -0.05) is 18.9 Å². The Hall–Kier alpha value is -1.36. The molecule has 0 spiro atoms. The van der Waals surface area contributed by atoms with Gasteiger partial charge in [0.25, 0.3) is 5.92 Å². The van der Waals surface area contributed by atoms with Crippen LogP contribution in [0.25, 0.3) is 0 Å². The van der Waals surface area contributed by atoms with Crippen LogP contribution in [-0.4, -0.2) is 44.7 Å². The summed E-state index contributed by atoms with van der Waals surface area (Å²) in [4.78, 5) is 1.83. The number of hydrogen-bond acceptors (Lipinski definition) is 3. The van der Waals surface area contributed by atoms with Crippen molar-refractivity contribution in [3.05, 3.63) is 23.8 Å². The molecule has 1 saturated carbocycles. The number of likely N-dealkylation sites (N-methyl/N-ethyl adjacent to an activating group) is 1. The minimum absolute atomic E-state index is 0.116. The largest absolute Gasteiger partial charge is 0.493 e. The van der Waals surface area contributed by atoms with Crippen LogP contribution in [0, 0.1) is 0 Å². The Balaban J connectivity index is 2.14. The summed E-state index contributed by atoms with van der Waals surface area (Å²) in [6.07, 6.45) is 3.19. The predicted octanol–water partition coefficient (Wildman–Crippen LogP) is 3.46. The van der Waals surface area contributed by atoms with Gasteiger partial charge in [-0.15, -0.1) is 0 Å². The van der Waals surface area contributed by atoms with Crippen LogP contribution in [0.2, 0.25) is 0 Å². The van der Waals surface area contributed by atoms with Crippen LogP contribution in [0.15, 0.2) is 18.2 Å². The quantitative estimate of drug-likeness (QED) is 0.853. The number of halogens is 2. The molecule has 3 rings (SSSR count). The number of ether oxygens (including phenoxy) is 2. The Morgan fingerprint density at radius 1 is 1.14 bits per heavy atom. The second-order valence-electron chi connectivity index (χ2n) is 6.42. The maximum atomic E-state index is 15.0. The van der Waals surface area contributed by atoms with Crippen molar-refractivity contribution in [1.82, 2.24) is 4.90 Å². The van der Waals surface area contributed by atoms with Gasteiger partial charge in [-0.25, -0.2) is 8.78 Å². The molecule has 2 aliphatic rings. The molecule has 0 unspecified atom stereocenters. The van der Waals surface area contributed by atoms with Crippen molar-refractivity contribution in [1.29, 1.82) is 0 Å². The molecule has 0 N–H and O–H groups in total. The minimum Gasteiger partial charge on any atom is -0.493 e. The molecule has 2 atom stereocenters. The Bertz CT molecular complexity index is 564. The van der Waals surface area contributed by atoms with Crippen LogP contribution in [0.1, 0.15) is 31.2 Å². The standard InChI is InChI=1S/C17H23F2NO2/c1-20-11-17(18,19)16(9-5-4-6-15(16)20)12-7-8-13(21-2)14(10-12)22-3/h7-8,10,15H,4-6,9,11H2,1-3H3/t15-,16-/m1/s1. The van der Waals surface area contributed by atoms with Gasteiger partial charge in [0, 0.05) is 6.04 Å². The van der Waals surface area contributed by atoms with E-state index in [0.29, 0.717) is 23.5 Å². The maximum absolute atomic E-state index is 15.0. The lowest BCUT2D eigenvalue weighted by Gasteiger charge is -2.43. The molecular formula is C17H23F2NO2. The normalized spacial score (nSPS) is 30.9. The summed E-state index contributed by atoms with van der Waals surface area (Å²) in [7, 11) is 4.90. The SMILES string of the molecule is COc1ccc([C@]23CCCC[C@H]2N(C)CC3(F)F)cc1OC. The van der Waals surface area contributed by atoms with Gasteiger partial charge in [0.05, 0.1) is 26.2 Å². The predicted molar refractivity (Wildman–Crippen MR) is 81.1 cm³/mol. The van der Waals surface area contributed by atoms with E-state index in [4.69, 9.17) is 9.47 Å². The number of alkyl halides is 2. The highest BCUT2D eigenvalue weighted by Crippen LogP contribution is 2.56. The summed E-state index contributed by atoms with van der Waals surface area (Å²) >= 11 is 0. The third kappa shape index (κ3) is 2.02. The van der Waals surface area contributed by atoms with Crippen molar-refractivity contribution in [2.75, 3.05) is 27.8 Å². The molecule has 1 heterocycles. The molecule has 1 aromatic rings. The van der Waals surface area contributed by atoms with Crippen molar-refractivity contribution >= 4 is 0 Å². The second kappa shape index (κ2) is 5.37. The molecule has 22 heavy (non-hydrogen) atoms. The van der Waals surface area contributed by atoms with E-state index in [-0.39, 0.29) is 12.6 Å². The monoisotopic (exact) mass is 311 g/mol. The zero-order valence-corrected chi connectivity index (χ0v) is 13.4. The van der Waals surface area contributed by atoms with Crippen molar-refractivity contribution < 1.29 is 18.3 Å². The first-order chi connectivity index (χ1) is 10.5. The zero-order valence-electron chi connectivity index (χ0n) is 13.4. The lowest BCUT2D eigenvalue weighted by atomic mass is 9.64. The van der Waals surface area contributed by atoms with Gasteiger partial charge in [0.1, 0.15) is 0 Å². The van der Waals surface area contributed by atoms with Crippen LogP contribution in [-0.2, 0) is 5.41 Å². The first kappa shape index (κ1) is 15.5. The summed E-state index contributed by atoms with van der Waals surface area (Å²) in [6.45, 7) is -0.175. The highest BCUT2D eigenvalue weighted by atomic mass is 19.3. The highest BCUT2D eigenvalue weighted by molar-refractivity contribution is 5.47. The number of benzene rings is 1. The number of nitrogens with zero attached hydrogens (tertiary/aromatic N) is 1. The Kier molecular flexibility index (Phi) is 3.79. The van der Waals surface area contributed by atoms with E-state index in [1.807, 2.05) is 11.9 Å². The average Bonchev–Trinajstić information content (AvgIpc) is 2.74. The molecule has 3 nitrogen and oxygen atoms in total. The third-order valence-corrected chi connectivity index (χ3v) is 5.40. The summed E-state index contributed by atoms with van der Waals surface area (Å²) in [6, 6.07) is 5.15. The number of methoxy groups -OCH3 is 2. The molecule has 1 saturated heterocycles. The molecule has 1 aromatic carbocycles. The van der Waals surface area contributed by atoms with Gasteiger partial charge >= 0.3 is 0 Å². The van der Waals surface area contributed by atoms with Crippen LogP contribution < -0.4 is 9.47 Å². The fraction of sp³-hybridized carbons (Fsp3) is 0.647. The summed E-state index contributed by atoms with van der Waals surface area (Å²) in [5.41, 5.74) is -0.441. The van der Waals surface area contributed by atoms with Crippen molar-refractivity contribution in [2.45, 2.75) is 43.1 Å². The number of fused-ring (bicyclic) bond motifs is 1. The molecular weight excluding hydrogens is 288 g/mol. The van der Waals surface area contributed by atoms with Gasteiger partial charge in [0.15, 0.2) is 11.5 Å². The van der Waals surface area contributed by atoms with E-state index in [9.17, 15) is 8.78 Å². The molecule has 0 bridgehead atoms. The van der Waals surface area contributed by atoms with Gasteiger partial charge < -0.3 is 9.47 Å². The first-order valence-electron chi connectivity index (χ1n) is 7.77. The van der Waals surface area contributed by atoms with Crippen LogP contribution in [0.3, 0.4) is 0 Å². The number of likely N-dealkylation sites (tertiary alicyclic amines) is 1. The lowest BCUT2D eigenvalue weighted by molar-refractivity contribution is -0.0607. The average molecular weight is 311 g/mol. The Labute approximate surface area is 130 Å². The topological polar surface area (TPSA) is 21.7 Å². The van der Waals surface area contributed by atoms with Crippen LogP contribution in [0.5, 0.6) is 11.5 Å². The molecule has 122 valence electrons. The summed E-state index contributed by atoms with van der Waals surface area (Å²) in [5.74, 6) is -1.64. The molecule has 0 amide bonds. The van der Waals surface area contributed by atoms with E-state index in [1.54, 1.807) is 25.3 Å². The number of hydrogen-bond donors (Lipinski definition) is 0. The van der Waals surface area contributed by atoms with Crippen LogP contribution >= 0.6 is 0 Å². The molecule has 0 radical (unpaired) electrons. The molecule has 5 heteroatoms. The molecule has 2 fully saturated rings. The second-order valence-corrected chi connectivity index (χ2v) is 6.42. The van der Waals surface area contributed by atoms with Gasteiger partial charge in [-0.05, 0) is 37.6 Å². The van der Waals surface area contributed by atoms with Crippen molar-refractivity contribution in [2.24, 2.45) is 0 Å². The van der Waals surface area contributed by atoms with Gasteiger partial charge in [-0.3, -0.25) is 4.90 Å². The van der Waals surface area contributed by atoms with E-state index in [1.165, 1.54) is 7.11 Å². The Morgan fingerprint density at radius 3 is 2.55 bits per heavy atom. The summed E-state index contributed by atoms with van der Waals surface area (Å²) in [5, 5.41) is 0. The fourth-order valence-corrected chi connectivity index (χ4v) is 4.40. The molecule has 1 aliphatic carbocycles. The highest BCUT2D eigenvalue weighted by Gasteiger charge is 2.65. The fourth-order valence-electron chi connectivity index (χ4n) is 4.40. The van der Waals surface area contributed by atoms with E-state index in [0.717, 1.165) is 19.3 Å². The van der Waals surface area contributed by atoms with Crippen molar-refractivity contribution in [3.8, 4) is 11.5 Å². The maximum Gasteiger partial charge on any atom is 0.271 e. The first-order valence-corrected chi connectivity index (χ1v) is 7.77. The van der Waals surface area contributed by atoms with Crippen molar-refractivity contribution in [3.63, 3.8) is 0 Å².